The summed E-state index contributed by atoms with van der Waals surface area (Å²) in [6, 6.07) is 14.4. The molecule has 0 saturated heterocycles. The lowest BCUT2D eigenvalue weighted by Gasteiger charge is -2.16. The third-order valence-electron chi connectivity index (χ3n) is 4.32. The van der Waals surface area contributed by atoms with Gasteiger partial charge < -0.3 is 15.2 Å². The number of carbonyl (C=O) groups is 2. The molecule has 1 amide bonds. The van der Waals surface area contributed by atoms with E-state index in [0.717, 1.165) is 18.4 Å². The smallest absolute Gasteiger partial charge is 0.335 e. The Labute approximate surface area is 140 Å². The number of carbonyl (C=O) groups excluding carboxylic acids is 1. The van der Waals surface area contributed by atoms with E-state index in [-0.39, 0.29) is 18.1 Å². The van der Waals surface area contributed by atoms with Gasteiger partial charge in [0.25, 0.3) is 0 Å². The minimum absolute atomic E-state index is 0.0976. The molecule has 1 aliphatic rings. The van der Waals surface area contributed by atoms with E-state index in [0.29, 0.717) is 11.3 Å². The average Bonchev–Trinajstić information content (AvgIpc) is 3.37. The predicted molar refractivity (Wildman–Crippen MR) is 90.1 cm³/mol. The summed E-state index contributed by atoms with van der Waals surface area (Å²) in [6.45, 7) is 0.286. The maximum Gasteiger partial charge on any atom is 0.335 e. The van der Waals surface area contributed by atoms with E-state index in [1.165, 1.54) is 6.07 Å². The van der Waals surface area contributed by atoms with Gasteiger partial charge in [-0.3, -0.25) is 4.79 Å². The molecule has 5 heteroatoms. The van der Waals surface area contributed by atoms with Crippen molar-refractivity contribution < 1.29 is 19.4 Å². The SMILES string of the molecule is COCc1cc(NC(=O)C2(c3ccccc3)CC2)cc(C(=O)O)c1. The number of amides is 1. The summed E-state index contributed by atoms with van der Waals surface area (Å²) in [6.07, 6.45) is 1.60. The molecule has 0 radical (unpaired) electrons. The monoisotopic (exact) mass is 325 g/mol. The molecule has 3 rings (SSSR count). The van der Waals surface area contributed by atoms with Crippen LogP contribution in [0.2, 0.25) is 0 Å². The maximum absolute atomic E-state index is 12.8. The van der Waals surface area contributed by atoms with Gasteiger partial charge in [0.05, 0.1) is 17.6 Å². The summed E-state index contributed by atoms with van der Waals surface area (Å²) in [7, 11) is 1.54. The first kappa shape index (κ1) is 16.2. The molecule has 1 saturated carbocycles. The lowest BCUT2D eigenvalue weighted by molar-refractivity contribution is -0.118. The third-order valence-corrected chi connectivity index (χ3v) is 4.32. The maximum atomic E-state index is 12.8. The summed E-state index contributed by atoms with van der Waals surface area (Å²) in [5.74, 6) is -1.13. The van der Waals surface area contributed by atoms with Gasteiger partial charge in [0.15, 0.2) is 0 Å². The van der Waals surface area contributed by atoms with E-state index in [1.807, 2.05) is 30.3 Å². The Balaban J connectivity index is 1.85. The number of anilines is 1. The molecule has 24 heavy (non-hydrogen) atoms. The second-order valence-electron chi connectivity index (χ2n) is 6.06. The van der Waals surface area contributed by atoms with Crippen LogP contribution in [0.3, 0.4) is 0 Å². The molecular weight excluding hydrogens is 306 g/mol. The van der Waals surface area contributed by atoms with Crippen molar-refractivity contribution in [1.29, 1.82) is 0 Å². The van der Waals surface area contributed by atoms with E-state index in [2.05, 4.69) is 5.32 Å². The van der Waals surface area contributed by atoms with Gasteiger partial charge in [-0.2, -0.15) is 0 Å². The van der Waals surface area contributed by atoms with Crippen LogP contribution < -0.4 is 5.32 Å². The minimum atomic E-state index is -1.03. The van der Waals surface area contributed by atoms with Gasteiger partial charge in [0.1, 0.15) is 0 Å². The Hall–Kier alpha value is -2.66. The second-order valence-corrected chi connectivity index (χ2v) is 6.06. The van der Waals surface area contributed by atoms with Crippen LogP contribution in [0.15, 0.2) is 48.5 Å². The molecule has 5 nitrogen and oxygen atoms in total. The Morgan fingerprint density at radius 2 is 1.88 bits per heavy atom. The lowest BCUT2D eigenvalue weighted by atomic mass is 9.95. The Morgan fingerprint density at radius 1 is 1.17 bits per heavy atom. The van der Waals surface area contributed by atoms with Crippen LogP contribution in [0.25, 0.3) is 0 Å². The normalized spacial score (nSPS) is 14.9. The molecule has 2 aromatic carbocycles. The number of hydrogen-bond acceptors (Lipinski definition) is 3. The average molecular weight is 325 g/mol. The highest BCUT2D eigenvalue weighted by Gasteiger charge is 2.51. The van der Waals surface area contributed by atoms with Crippen LogP contribution in [0, 0.1) is 0 Å². The largest absolute Gasteiger partial charge is 0.478 e. The zero-order valence-electron chi connectivity index (χ0n) is 13.4. The summed E-state index contributed by atoms with van der Waals surface area (Å²) in [4.78, 5) is 24.0. The van der Waals surface area contributed by atoms with E-state index in [1.54, 1.807) is 19.2 Å². The first-order valence-corrected chi connectivity index (χ1v) is 7.78. The molecule has 0 bridgehead atoms. The zero-order chi connectivity index (χ0) is 17.2. The number of aromatic carboxylic acids is 1. The van der Waals surface area contributed by atoms with E-state index in [9.17, 15) is 14.7 Å². The molecule has 0 aliphatic heterocycles. The van der Waals surface area contributed by atoms with E-state index in [4.69, 9.17) is 4.74 Å². The van der Waals surface area contributed by atoms with Gasteiger partial charge in [-0.25, -0.2) is 4.79 Å². The fourth-order valence-electron chi connectivity index (χ4n) is 2.92. The van der Waals surface area contributed by atoms with Gasteiger partial charge in [-0.15, -0.1) is 0 Å². The van der Waals surface area contributed by atoms with Crippen molar-refractivity contribution in [2.75, 3.05) is 12.4 Å². The van der Waals surface area contributed by atoms with E-state index >= 15 is 0 Å². The fraction of sp³-hybridized carbons (Fsp3) is 0.263. The van der Waals surface area contributed by atoms with Gasteiger partial charge in [0.2, 0.25) is 5.91 Å². The van der Waals surface area contributed by atoms with Gasteiger partial charge in [-0.1, -0.05) is 30.3 Å². The van der Waals surface area contributed by atoms with Gasteiger partial charge in [0, 0.05) is 12.8 Å². The second kappa shape index (κ2) is 6.45. The van der Waals surface area contributed by atoms with Crippen molar-refractivity contribution in [2.45, 2.75) is 24.9 Å². The molecule has 2 aromatic rings. The highest BCUT2D eigenvalue weighted by atomic mass is 16.5. The van der Waals surface area contributed by atoms with Gasteiger partial charge in [-0.05, 0) is 42.2 Å². The zero-order valence-corrected chi connectivity index (χ0v) is 13.4. The topological polar surface area (TPSA) is 75.6 Å². The van der Waals surface area contributed by atoms with Crippen molar-refractivity contribution in [2.24, 2.45) is 0 Å². The van der Waals surface area contributed by atoms with Crippen molar-refractivity contribution in [3.63, 3.8) is 0 Å². The summed E-state index contributed by atoms with van der Waals surface area (Å²) >= 11 is 0. The predicted octanol–water partition coefficient (Wildman–Crippen LogP) is 3.20. The quantitative estimate of drug-likeness (QED) is 0.855. The molecule has 0 atom stereocenters. The molecule has 0 aromatic heterocycles. The van der Waals surface area contributed by atoms with Crippen molar-refractivity contribution in [3.05, 3.63) is 65.2 Å². The van der Waals surface area contributed by atoms with Crippen LogP contribution in [-0.4, -0.2) is 24.1 Å². The highest BCUT2D eigenvalue weighted by molar-refractivity contribution is 6.02. The standard InChI is InChI=1S/C19H19NO4/c1-24-12-13-9-14(17(21)22)11-16(10-13)20-18(23)19(7-8-19)15-5-3-2-4-6-15/h2-6,9-11H,7-8,12H2,1H3,(H,20,23)(H,21,22). The molecule has 1 fully saturated rings. The number of ether oxygens (including phenoxy) is 1. The number of carboxylic acids is 1. The number of benzene rings is 2. The van der Waals surface area contributed by atoms with Crippen LogP contribution in [0.5, 0.6) is 0 Å². The first-order chi connectivity index (χ1) is 11.5. The summed E-state index contributed by atoms with van der Waals surface area (Å²) in [5.41, 5.74) is 1.81. The third kappa shape index (κ3) is 3.16. The van der Waals surface area contributed by atoms with Crippen LogP contribution in [-0.2, 0) is 21.6 Å². The molecule has 1 aliphatic carbocycles. The fourth-order valence-corrected chi connectivity index (χ4v) is 2.92. The first-order valence-electron chi connectivity index (χ1n) is 7.78. The Morgan fingerprint density at radius 3 is 2.46 bits per heavy atom. The number of carboxylic acid groups (broad SMARTS) is 1. The number of nitrogens with one attached hydrogen (secondary N) is 1. The van der Waals surface area contributed by atoms with Crippen molar-refractivity contribution in [3.8, 4) is 0 Å². The van der Waals surface area contributed by atoms with Crippen LogP contribution in [0.1, 0.15) is 34.3 Å². The Bertz CT molecular complexity index is 766. The number of methoxy groups -OCH3 is 1. The van der Waals surface area contributed by atoms with E-state index < -0.39 is 11.4 Å². The number of hydrogen-bond donors (Lipinski definition) is 2. The highest BCUT2D eigenvalue weighted by Crippen LogP contribution is 2.48. The summed E-state index contributed by atoms with van der Waals surface area (Å²) < 4.78 is 5.07. The minimum Gasteiger partial charge on any atom is -0.478 e. The van der Waals surface area contributed by atoms with Crippen molar-refractivity contribution in [1.82, 2.24) is 0 Å². The van der Waals surface area contributed by atoms with Crippen LogP contribution in [0.4, 0.5) is 5.69 Å². The van der Waals surface area contributed by atoms with Crippen LogP contribution >= 0.6 is 0 Å². The lowest BCUT2D eigenvalue weighted by Crippen LogP contribution is -2.27. The van der Waals surface area contributed by atoms with Gasteiger partial charge >= 0.3 is 5.97 Å². The van der Waals surface area contributed by atoms with Crippen molar-refractivity contribution >= 4 is 17.6 Å². The molecular formula is C19H19NO4. The molecule has 0 unspecified atom stereocenters. The Kier molecular flexibility index (Phi) is 4.36. The molecule has 0 spiro atoms. The molecule has 124 valence electrons. The number of rotatable bonds is 6. The summed E-state index contributed by atoms with van der Waals surface area (Å²) in [5, 5.41) is 12.1. The molecule has 0 heterocycles. The molecule has 2 N–H and O–H groups in total.